The highest BCUT2D eigenvalue weighted by Crippen LogP contribution is 2.18. The Bertz CT molecular complexity index is 392. The molecule has 1 amide bonds. The fourth-order valence-electron chi connectivity index (χ4n) is 1.02. The summed E-state index contributed by atoms with van der Waals surface area (Å²) in [4.78, 5) is 27.0. The second kappa shape index (κ2) is 5.72. The highest BCUT2D eigenvalue weighted by molar-refractivity contribution is 5.93. The van der Waals surface area contributed by atoms with Gasteiger partial charge in [-0.1, -0.05) is 12.1 Å². The van der Waals surface area contributed by atoms with Gasteiger partial charge in [0.25, 0.3) is 0 Å². The number of hydrogen-bond donors (Lipinski definition) is 2. The fourth-order valence-corrected chi connectivity index (χ4v) is 1.02. The number of rotatable bonds is 3. The van der Waals surface area contributed by atoms with Crippen molar-refractivity contribution in [2.45, 2.75) is 0 Å². The number of carbonyl (C=O) groups is 2. The lowest BCUT2D eigenvalue weighted by Gasteiger charge is -2.08. The molecular formula is C10H12N2O4. The van der Waals surface area contributed by atoms with Crippen LogP contribution in [0.4, 0.5) is 4.79 Å². The number of hydrogen-bond acceptors (Lipinski definition) is 5. The summed E-state index contributed by atoms with van der Waals surface area (Å²) >= 11 is 0. The van der Waals surface area contributed by atoms with Crippen molar-refractivity contribution >= 4 is 12.1 Å². The molecule has 0 radical (unpaired) electrons. The van der Waals surface area contributed by atoms with Crippen LogP contribution in [0.25, 0.3) is 0 Å². The van der Waals surface area contributed by atoms with Gasteiger partial charge < -0.3 is 14.9 Å². The number of amides is 1. The third-order valence-electron chi connectivity index (χ3n) is 1.71. The minimum Gasteiger partial charge on any atom is -0.409 e. The van der Waals surface area contributed by atoms with E-state index in [-0.39, 0.29) is 11.3 Å². The predicted molar refractivity (Wildman–Crippen MR) is 56.0 cm³/mol. The van der Waals surface area contributed by atoms with Gasteiger partial charge in [-0.15, -0.1) is 0 Å². The summed E-state index contributed by atoms with van der Waals surface area (Å²) in [5.74, 6) is -0.482. The molecule has 0 heterocycles. The lowest BCUT2D eigenvalue weighted by Crippen LogP contribution is -2.24. The number of ether oxygens (including phenoxy) is 1. The summed E-state index contributed by atoms with van der Waals surface area (Å²) in [5.41, 5.74) is 2.42. The summed E-state index contributed by atoms with van der Waals surface area (Å²) < 4.78 is 4.88. The molecule has 2 N–H and O–H groups in total. The van der Waals surface area contributed by atoms with Crippen LogP contribution in [-0.4, -0.2) is 26.2 Å². The first-order valence-electron chi connectivity index (χ1n) is 4.55. The first-order valence-corrected chi connectivity index (χ1v) is 4.55. The van der Waals surface area contributed by atoms with E-state index in [2.05, 4.69) is 15.6 Å². The van der Waals surface area contributed by atoms with E-state index >= 15 is 0 Å². The normalized spacial score (nSPS) is 9.38. The summed E-state index contributed by atoms with van der Waals surface area (Å²) in [6.07, 6.45) is -0.648. The standard InChI is InChI=1S/C10H12N2O4/c1-11-10(14)15-8-6-4-3-5-7(8)9(13)16-12-2/h3-6,12H,1-2H3,(H,11,14). The smallest absolute Gasteiger partial charge is 0.409 e. The predicted octanol–water partition coefficient (Wildman–Crippen LogP) is 0.696. The van der Waals surface area contributed by atoms with Gasteiger partial charge in [-0.2, -0.15) is 5.48 Å². The van der Waals surface area contributed by atoms with E-state index in [9.17, 15) is 9.59 Å². The van der Waals surface area contributed by atoms with Crippen LogP contribution in [-0.2, 0) is 4.84 Å². The zero-order valence-corrected chi connectivity index (χ0v) is 8.94. The van der Waals surface area contributed by atoms with Gasteiger partial charge in [0.05, 0.1) is 0 Å². The molecule has 0 aliphatic heterocycles. The maximum atomic E-state index is 11.4. The van der Waals surface area contributed by atoms with Gasteiger partial charge in [-0.05, 0) is 12.1 Å². The Kier molecular flexibility index (Phi) is 4.28. The number of benzene rings is 1. The molecule has 6 heteroatoms. The number of hydroxylamine groups is 1. The van der Waals surface area contributed by atoms with Crippen LogP contribution >= 0.6 is 0 Å². The summed E-state index contributed by atoms with van der Waals surface area (Å²) in [6, 6.07) is 6.29. The molecule has 0 saturated carbocycles. The molecule has 6 nitrogen and oxygen atoms in total. The van der Waals surface area contributed by atoms with Crippen molar-refractivity contribution in [1.29, 1.82) is 0 Å². The quantitative estimate of drug-likeness (QED) is 0.739. The second-order valence-corrected chi connectivity index (χ2v) is 2.73. The van der Waals surface area contributed by atoms with Crippen LogP contribution < -0.4 is 15.5 Å². The first-order chi connectivity index (χ1) is 7.69. The minimum atomic E-state index is -0.648. The molecule has 0 aromatic heterocycles. The molecule has 1 aromatic carbocycles. The lowest BCUT2D eigenvalue weighted by molar-refractivity contribution is 0.0307. The van der Waals surface area contributed by atoms with Crippen molar-refractivity contribution in [2.75, 3.05) is 14.1 Å². The zero-order chi connectivity index (χ0) is 12.0. The van der Waals surface area contributed by atoms with Crippen LogP contribution in [0.5, 0.6) is 5.75 Å². The Labute approximate surface area is 92.5 Å². The van der Waals surface area contributed by atoms with Gasteiger partial charge in [-0.3, -0.25) is 0 Å². The van der Waals surface area contributed by atoms with Crippen LogP contribution in [0, 0.1) is 0 Å². The van der Waals surface area contributed by atoms with Gasteiger partial charge in [0, 0.05) is 14.1 Å². The summed E-state index contributed by atoms with van der Waals surface area (Å²) in [5, 5.41) is 2.28. The SMILES string of the molecule is CNOC(=O)c1ccccc1OC(=O)NC. The van der Waals surface area contributed by atoms with Crippen molar-refractivity contribution in [2.24, 2.45) is 0 Å². The molecule has 0 bridgehead atoms. The topological polar surface area (TPSA) is 76.7 Å². The number of carbonyl (C=O) groups excluding carboxylic acids is 2. The zero-order valence-electron chi connectivity index (χ0n) is 8.94. The monoisotopic (exact) mass is 224 g/mol. The molecule has 0 aliphatic carbocycles. The van der Waals surface area contributed by atoms with Crippen molar-refractivity contribution < 1.29 is 19.2 Å². The van der Waals surface area contributed by atoms with Gasteiger partial charge in [-0.25, -0.2) is 9.59 Å². The minimum absolute atomic E-state index is 0.141. The molecule has 0 aliphatic rings. The molecule has 0 saturated heterocycles. The number of nitrogens with one attached hydrogen (secondary N) is 2. The van der Waals surface area contributed by atoms with Gasteiger partial charge >= 0.3 is 12.1 Å². The molecular weight excluding hydrogens is 212 g/mol. The Morgan fingerprint density at radius 3 is 2.50 bits per heavy atom. The van der Waals surface area contributed by atoms with E-state index in [1.807, 2.05) is 0 Å². The van der Waals surface area contributed by atoms with Crippen LogP contribution in [0.2, 0.25) is 0 Å². The third-order valence-corrected chi connectivity index (χ3v) is 1.71. The fraction of sp³-hybridized carbons (Fsp3) is 0.200. The van der Waals surface area contributed by atoms with E-state index in [0.29, 0.717) is 0 Å². The largest absolute Gasteiger partial charge is 0.412 e. The van der Waals surface area contributed by atoms with E-state index < -0.39 is 12.1 Å². The number of para-hydroxylation sites is 1. The third kappa shape index (κ3) is 2.96. The molecule has 16 heavy (non-hydrogen) atoms. The van der Waals surface area contributed by atoms with Crippen LogP contribution in [0.15, 0.2) is 24.3 Å². The molecule has 0 atom stereocenters. The van der Waals surface area contributed by atoms with Gasteiger partial charge in [0.1, 0.15) is 11.3 Å². The molecule has 0 spiro atoms. The Balaban J connectivity index is 2.91. The highest BCUT2D eigenvalue weighted by Gasteiger charge is 2.15. The average molecular weight is 224 g/mol. The van der Waals surface area contributed by atoms with Crippen molar-refractivity contribution in [1.82, 2.24) is 10.8 Å². The molecule has 0 unspecified atom stereocenters. The second-order valence-electron chi connectivity index (χ2n) is 2.73. The molecule has 1 rings (SSSR count). The average Bonchev–Trinajstić information content (AvgIpc) is 2.30. The van der Waals surface area contributed by atoms with Crippen molar-refractivity contribution in [3.05, 3.63) is 29.8 Å². The Morgan fingerprint density at radius 1 is 1.19 bits per heavy atom. The Morgan fingerprint density at radius 2 is 1.88 bits per heavy atom. The summed E-state index contributed by atoms with van der Waals surface area (Å²) in [7, 11) is 2.89. The lowest BCUT2D eigenvalue weighted by atomic mass is 10.2. The highest BCUT2D eigenvalue weighted by atomic mass is 16.7. The maximum Gasteiger partial charge on any atom is 0.412 e. The van der Waals surface area contributed by atoms with Crippen molar-refractivity contribution in [3.63, 3.8) is 0 Å². The van der Waals surface area contributed by atoms with Gasteiger partial charge in [0.15, 0.2) is 0 Å². The maximum absolute atomic E-state index is 11.4. The molecule has 0 fully saturated rings. The van der Waals surface area contributed by atoms with E-state index in [1.165, 1.54) is 26.2 Å². The van der Waals surface area contributed by atoms with E-state index in [1.54, 1.807) is 12.1 Å². The first kappa shape index (κ1) is 12.0. The molecule has 1 aromatic rings. The summed E-state index contributed by atoms with van der Waals surface area (Å²) in [6.45, 7) is 0. The van der Waals surface area contributed by atoms with Gasteiger partial charge in [0.2, 0.25) is 0 Å². The van der Waals surface area contributed by atoms with Crippen molar-refractivity contribution in [3.8, 4) is 5.75 Å². The van der Waals surface area contributed by atoms with E-state index in [4.69, 9.17) is 4.74 Å². The van der Waals surface area contributed by atoms with E-state index in [0.717, 1.165) is 0 Å². The molecule has 86 valence electrons. The Hall–Kier alpha value is -2.08. The van der Waals surface area contributed by atoms with Crippen LogP contribution in [0.3, 0.4) is 0 Å². The van der Waals surface area contributed by atoms with Crippen LogP contribution in [0.1, 0.15) is 10.4 Å².